The van der Waals surface area contributed by atoms with Crippen LogP contribution in [0.1, 0.15) is 5.56 Å². The Bertz CT molecular complexity index is 915. The standard InChI is InChI=1S/C14H12N2OS2/c1-3-7-16-13(18)11-12(17-14(16)19)9(2)10-6-4-5-8-15(10)11/h3-6,8H,1,7H2,2H3. The molecule has 0 bridgehead atoms. The fourth-order valence-electron chi connectivity index (χ4n) is 2.31. The summed E-state index contributed by atoms with van der Waals surface area (Å²) in [7, 11) is 0. The molecule has 3 rings (SSSR count). The molecule has 3 nitrogen and oxygen atoms in total. The molecule has 0 aromatic carbocycles. The molecule has 0 atom stereocenters. The summed E-state index contributed by atoms with van der Waals surface area (Å²) in [6.45, 7) is 6.29. The summed E-state index contributed by atoms with van der Waals surface area (Å²) in [5, 5.41) is 0. The highest BCUT2D eigenvalue weighted by atomic mass is 32.1. The summed E-state index contributed by atoms with van der Waals surface area (Å²) >= 11 is 10.8. The van der Waals surface area contributed by atoms with Gasteiger partial charge in [0.15, 0.2) is 5.58 Å². The molecule has 0 saturated heterocycles. The van der Waals surface area contributed by atoms with Crippen LogP contribution in [0.5, 0.6) is 0 Å². The lowest BCUT2D eigenvalue weighted by molar-refractivity contribution is 0.506. The molecule has 19 heavy (non-hydrogen) atoms. The van der Waals surface area contributed by atoms with Crippen molar-refractivity contribution in [3.63, 3.8) is 0 Å². The maximum atomic E-state index is 5.78. The first kappa shape index (κ1) is 12.3. The first-order valence-corrected chi connectivity index (χ1v) is 6.71. The molecule has 0 spiro atoms. The fourth-order valence-corrected chi connectivity index (χ4v) is 2.97. The number of fused-ring (bicyclic) bond motifs is 3. The molecule has 0 aliphatic rings. The molecule has 0 fully saturated rings. The van der Waals surface area contributed by atoms with Crippen molar-refractivity contribution in [3.05, 3.63) is 52.1 Å². The monoisotopic (exact) mass is 288 g/mol. The number of aromatic nitrogens is 2. The molecule has 3 heterocycles. The number of hydrogen-bond acceptors (Lipinski definition) is 3. The van der Waals surface area contributed by atoms with Crippen LogP contribution in [0.2, 0.25) is 0 Å². The van der Waals surface area contributed by atoms with Crippen LogP contribution in [0.3, 0.4) is 0 Å². The van der Waals surface area contributed by atoms with E-state index < -0.39 is 0 Å². The Morgan fingerprint density at radius 2 is 2.16 bits per heavy atom. The highest BCUT2D eigenvalue weighted by molar-refractivity contribution is 7.72. The topological polar surface area (TPSA) is 22.5 Å². The summed E-state index contributed by atoms with van der Waals surface area (Å²) in [5.41, 5.74) is 3.79. The minimum Gasteiger partial charge on any atom is -0.429 e. The van der Waals surface area contributed by atoms with E-state index in [4.69, 9.17) is 28.9 Å². The zero-order valence-corrected chi connectivity index (χ0v) is 12.1. The van der Waals surface area contributed by atoms with Gasteiger partial charge in [0.25, 0.3) is 4.84 Å². The van der Waals surface area contributed by atoms with Gasteiger partial charge in [-0.1, -0.05) is 24.4 Å². The second kappa shape index (κ2) is 4.43. The van der Waals surface area contributed by atoms with E-state index in [2.05, 4.69) is 6.58 Å². The molecule has 0 saturated carbocycles. The third kappa shape index (κ3) is 1.69. The van der Waals surface area contributed by atoms with Crippen molar-refractivity contribution in [2.24, 2.45) is 0 Å². The van der Waals surface area contributed by atoms with Crippen LogP contribution in [0.25, 0.3) is 16.6 Å². The smallest absolute Gasteiger partial charge is 0.270 e. The zero-order valence-electron chi connectivity index (χ0n) is 10.4. The van der Waals surface area contributed by atoms with Crippen LogP contribution in [0.4, 0.5) is 0 Å². The first-order chi connectivity index (χ1) is 9.15. The lowest BCUT2D eigenvalue weighted by Gasteiger charge is -2.04. The van der Waals surface area contributed by atoms with Gasteiger partial charge in [-0.3, -0.25) is 4.57 Å². The molecule has 0 radical (unpaired) electrons. The number of nitrogens with zero attached hydrogens (tertiary/aromatic N) is 2. The molecule has 0 N–H and O–H groups in total. The molecule has 0 aliphatic heterocycles. The molecular weight excluding hydrogens is 276 g/mol. The van der Waals surface area contributed by atoms with Gasteiger partial charge < -0.3 is 8.82 Å². The molecule has 0 amide bonds. The Balaban J connectivity index is 2.62. The SMILES string of the molecule is C=CCn1c(=S)oc2c(C)c3ccccn3c2c1=S. The molecule has 3 aromatic rings. The Morgan fingerprint density at radius 3 is 2.89 bits per heavy atom. The minimum absolute atomic E-state index is 0.386. The van der Waals surface area contributed by atoms with E-state index in [-0.39, 0.29) is 0 Å². The minimum atomic E-state index is 0.386. The Hall–Kier alpha value is -1.72. The van der Waals surface area contributed by atoms with Gasteiger partial charge >= 0.3 is 0 Å². The summed E-state index contributed by atoms with van der Waals surface area (Å²) in [5.74, 6) is 0. The van der Waals surface area contributed by atoms with E-state index in [1.807, 2.05) is 35.7 Å². The van der Waals surface area contributed by atoms with Crippen molar-refractivity contribution in [2.75, 3.05) is 0 Å². The van der Waals surface area contributed by atoms with Crippen molar-refractivity contribution >= 4 is 41.1 Å². The van der Waals surface area contributed by atoms with Crippen LogP contribution in [-0.4, -0.2) is 8.97 Å². The second-order valence-electron chi connectivity index (χ2n) is 4.33. The Kier molecular flexibility index (Phi) is 2.88. The predicted molar refractivity (Wildman–Crippen MR) is 81.8 cm³/mol. The van der Waals surface area contributed by atoms with Crippen LogP contribution in [0.15, 0.2) is 41.5 Å². The van der Waals surface area contributed by atoms with Gasteiger partial charge in [0, 0.05) is 18.3 Å². The van der Waals surface area contributed by atoms with Crippen LogP contribution in [-0.2, 0) is 6.54 Å². The number of pyridine rings is 1. The Labute approximate surface area is 120 Å². The van der Waals surface area contributed by atoms with Gasteiger partial charge in [-0.15, -0.1) is 6.58 Å². The molecule has 3 aromatic heterocycles. The highest BCUT2D eigenvalue weighted by Gasteiger charge is 2.13. The number of aryl methyl sites for hydroxylation is 1. The van der Waals surface area contributed by atoms with E-state index in [0.29, 0.717) is 16.0 Å². The second-order valence-corrected chi connectivity index (χ2v) is 5.07. The summed E-state index contributed by atoms with van der Waals surface area (Å²) < 4.78 is 10.3. The molecule has 0 aliphatic carbocycles. The largest absolute Gasteiger partial charge is 0.429 e. The van der Waals surface area contributed by atoms with Crippen molar-refractivity contribution in [1.82, 2.24) is 8.97 Å². The van der Waals surface area contributed by atoms with E-state index >= 15 is 0 Å². The normalized spacial score (nSPS) is 11.2. The lowest BCUT2D eigenvalue weighted by Crippen LogP contribution is -2.00. The average molecular weight is 288 g/mol. The van der Waals surface area contributed by atoms with E-state index in [0.717, 1.165) is 22.2 Å². The van der Waals surface area contributed by atoms with Gasteiger partial charge in [0.2, 0.25) is 0 Å². The van der Waals surface area contributed by atoms with Gasteiger partial charge in [-0.05, 0) is 31.3 Å². The number of allylic oxidation sites excluding steroid dienone is 1. The molecule has 96 valence electrons. The van der Waals surface area contributed by atoms with E-state index in [1.165, 1.54) is 0 Å². The average Bonchev–Trinajstić information content (AvgIpc) is 2.69. The van der Waals surface area contributed by atoms with Crippen LogP contribution in [0, 0.1) is 16.4 Å². The van der Waals surface area contributed by atoms with Gasteiger partial charge in [0.1, 0.15) is 10.2 Å². The maximum absolute atomic E-state index is 5.78. The van der Waals surface area contributed by atoms with Gasteiger partial charge in [0.05, 0.1) is 5.52 Å². The van der Waals surface area contributed by atoms with Crippen molar-refractivity contribution < 1.29 is 4.42 Å². The maximum Gasteiger partial charge on any atom is 0.270 e. The zero-order chi connectivity index (χ0) is 13.6. The van der Waals surface area contributed by atoms with Crippen molar-refractivity contribution in [3.8, 4) is 0 Å². The van der Waals surface area contributed by atoms with E-state index in [9.17, 15) is 0 Å². The van der Waals surface area contributed by atoms with Gasteiger partial charge in [-0.2, -0.15) is 0 Å². The lowest BCUT2D eigenvalue weighted by atomic mass is 10.3. The predicted octanol–water partition coefficient (Wildman–Crippen LogP) is 4.44. The number of rotatable bonds is 2. The van der Waals surface area contributed by atoms with Crippen molar-refractivity contribution in [1.29, 1.82) is 0 Å². The molecule has 5 heteroatoms. The third-order valence-corrected chi connectivity index (χ3v) is 3.93. The first-order valence-electron chi connectivity index (χ1n) is 5.89. The fraction of sp³-hybridized carbons (Fsp3) is 0.143. The van der Waals surface area contributed by atoms with Crippen LogP contribution < -0.4 is 0 Å². The Morgan fingerprint density at radius 1 is 1.37 bits per heavy atom. The summed E-state index contributed by atoms with van der Waals surface area (Å²) in [6.07, 6.45) is 3.74. The van der Waals surface area contributed by atoms with Crippen LogP contribution >= 0.6 is 24.4 Å². The van der Waals surface area contributed by atoms with Crippen molar-refractivity contribution in [2.45, 2.75) is 13.5 Å². The quantitative estimate of drug-likeness (QED) is 0.514. The van der Waals surface area contributed by atoms with Gasteiger partial charge in [-0.25, -0.2) is 0 Å². The third-order valence-electron chi connectivity index (χ3n) is 3.21. The molecule has 0 unspecified atom stereocenters. The van der Waals surface area contributed by atoms with E-state index in [1.54, 1.807) is 10.6 Å². The number of hydrogen-bond donors (Lipinski definition) is 0. The molecular formula is C14H12N2OS2. The summed E-state index contributed by atoms with van der Waals surface area (Å²) in [4.78, 5) is 0.386. The summed E-state index contributed by atoms with van der Waals surface area (Å²) in [6, 6.07) is 6.01. The highest BCUT2D eigenvalue weighted by Crippen LogP contribution is 2.27.